The van der Waals surface area contributed by atoms with E-state index in [-0.39, 0.29) is 12.5 Å². The normalized spacial score (nSPS) is 11.8. The summed E-state index contributed by atoms with van der Waals surface area (Å²) in [5.41, 5.74) is 6.91. The highest BCUT2D eigenvalue weighted by molar-refractivity contribution is 7.88. The molecule has 5 heterocycles. The Morgan fingerprint density at radius 3 is 2.73 bits per heavy atom. The number of amides is 1. The Kier molecular flexibility index (Phi) is 7.89. The van der Waals surface area contributed by atoms with E-state index in [1.165, 1.54) is 12.1 Å². The van der Waals surface area contributed by atoms with E-state index in [2.05, 4.69) is 35.2 Å². The van der Waals surface area contributed by atoms with Gasteiger partial charge in [-0.05, 0) is 71.6 Å². The molecular formula is C31H29FN8O3S. The average molecular weight is 613 g/mol. The monoisotopic (exact) mass is 612 g/mol. The van der Waals surface area contributed by atoms with Gasteiger partial charge in [0.15, 0.2) is 0 Å². The molecular weight excluding hydrogens is 583 g/mol. The summed E-state index contributed by atoms with van der Waals surface area (Å²) < 4.78 is 40.1. The molecule has 1 aromatic carbocycles. The van der Waals surface area contributed by atoms with E-state index in [1.807, 2.05) is 31.2 Å². The lowest BCUT2D eigenvalue weighted by Crippen LogP contribution is -2.21. The van der Waals surface area contributed by atoms with Gasteiger partial charge in [-0.25, -0.2) is 27.5 Å². The molecule has 0 fully saturated rings. The van der Waals surface area contributed by atoms with Gasteiger partial charge in [0.2, 0.25) is 15.9 Å². The van der Waals surface area contributed by atoms with Gasteiger partial charge in [-0.1, -0.05) is 13.3 Å². The highest BCUT2D eigenvalue weighted by Crippen LogP contribution is 2.34. The highest BCUT2D eigenvalue weighted by atomic mass is 32.2. The lowest BCUT2D eigenvalue weighted by atomic mass is 10.0. The van der Waals surface area contributed by atoms with Crippen molar-refractivity contribution >= 4 is 43.7 Å². The summed E-state index contributed by atoms with van der Waals surface area (Å²) in [7, 11) is -3.44. The fourth-order valence-electron chi connectivity index (χ4n) is 4.99. The number of nitrogens with zero attached hydrogens (tertiary/aromatic N) is 4. The van der Waals surface area contributed by atoms with E-state index in [1.54, 1.807) is 30.7 Å². The quantitative estimate of drug-likeness (QED) is 0.158. The van der Waals surface area contributed by atoms with Crippen molar-refractivity contribution in [3.63, 3.8) is 0 Å². The molecule has 0 radical (unpaired) electrons. The van der Waals surface area contributed by atoms with Gasteiger partial charge < -0.3 is 10.3 Å². The molecule has 0 unspecified atom stereocenters. The van der Waals surface area contributed by atoms with Gasteiger partial charge in [-0.15, -0.1) is 0 Å². The average Bonchev–Trinajstić information content (AvgIpc) is 3.62. The number of carbonyl (C=O) groups is 1. The molecule has 4 N–H and O–H groups in total. The third-order valence-electron chi connectivity index (χ3n) is 7.08. The lowest BCUT2D eigenvalue weighted by molar-refractivity contribution is -0.116. The molecule has 6 rings (SSSR count). The maximum absolute atomic E-state index is 14.6. The van der Waals surface area contributed by atoms with Gasteiger partial charge in [0.05, 0.1) is 35.0 Å². The molecule has 13 heteroatoms. The fraction of sp³-hybridized carbons (Fsp3) is 0.194. The summed E-state index contributed by atoms with van der Waals surface area (Å²) in [6.45, 7) is 2.00. The van der Waals surface area contributed by atoms with E-state index in [0.717, 1.165) is 41.1 Å². The zero-order valence-electron chi connectivity index (χ0n) is 24.0. The van der Waals surface area contributed by atoms with Crippen LogP contribution in [0.3, 0.4) is 0 Å². The van der Waals surface area contributed by atoms with E-state index in [9.17, 15) is 17.6 Å². The Morgan fingerprint density at radius 2 is 1.91 bits per heavy atom. The third-order valence-corrected chi connectivity index (χ3v) is 7.75. The minimum absolute atomic E-state index is 0.0346. The van der Waals surface area contributed by atoms with Crippen molar-refractivity contribution in [2.24, 2.45) is 0 Å². The molecule has 1 amide bonds. The molecule has 11 nitrogen and oxygen atoms in total. The van der Waals surface area contributed by atoms with Crippen LogP contribution < -0.4 is 10.0 Å². The van der Waals surface area contributed by atoms with Crippen LogP contribution in [0, 0.1) is 5.82 Å². The number of hydrogen-bond donors (Lipinski definition) is 4. The fourth-order valence-corrected chi connectivity index (χ4v) is 5.41. The number of benzene rings is 1. The minimum Gasteiger partial charge on any atom is -0.338 e. The second-order valence-electron chi connectivity index (χ2n) is 10.5. The molecule has 0 spiro atoms. The molecule has 6 aromatic rings. The first-order chi connectivity index (χ1) is 21.2. The van der Waals surface area contributed by atoms with Crippen molar-refractivity contribution in [1.82, 2.24) is 34.9 Å². The molecule has 0 saturated heterocycles. The Morgan fingerprint density at radius 1 is 1.05 bits per heavy atom. The predicted octanol–water partition coefficient (Wildman–Crippen LogP) is 5.55. The molecule has 0 bridgehead atoms. The Balaban J connectivity index is 1.35. The summed E-state index contributed by atoms with van der Waals surface area (Å²) in [6.07, 6.45) is 8.18. The van der Waals surface area contributed by atoms with Crippen molar-refractivity contribution < 1.29 is 17.6 Å². The van der Waals surface area contributed by atoms with Gasteiger partial charge in [0.25, 0.3) is 0 Å². The van der Waals surface area contributed by atoms with E-state index in [0.29, 0.717) is 51.5 Å². The minimum atomic E-state index is -3.44. The van der Waals surface area contributed by atoms with E-state index >= 15 is 0 Å². The highest BCUT2D eigenvalue weighted by Gasteiger charge is 2.17. The first kappa shape index (κ1) is 29.1. The summed E-state index contributed by atoms with van der Waals surface area (Å²) in [6, 6.07) is 13.7. The van der Waals surface area contributed by atoms with Crippen LogP contribution in [-0.2, 0) is 21.4 Å². The zero-order valence-corrected chi connectivity index (χ0v) is 24.8. The molecule has 44 heavy (non-hydrogen) atoms. The second-order valence-corrected chi connectivity index (χ2v) is 12.4. The number of fused-ring (bicyclic) bond motifs is 2. The van der Waals surface area contributed by atoms with Crippen LogP contribution in [0.2, 0.25) is 0 Å². The Hall–Kier alpha value is -5.01. The summed E-state index contributed by atoms with van der Waals surface area (Å²) >= 11 is 0. The van der Waals surface area contributed by atoms with Crippen LogP contribution in [0.15, 0.2) is 67.1 Å². The molecule has 0 aliphatic rings. The number of rotatable bonds is 10. The van der Waals surface area contributed by atoms with Crippen LogP contribution >= 0.6 is 0 Å². The van der Waals surface area contributed by atoms with Crippen LogP contribution in [0.4, 0.5) is 10.1 Å². The first-order valence-corrected chi connectivity index (χ1v) is 15.9. The molecule has 0 saturated carbocycles. The number of aromatic nitrogens is 6. The maximum atomic E-state index is 14.6. The van der Waals surface area contributed by atoms with Gasteiger partial charge in [-0.2, -0.15) is 5.10 Å². The van der Waals surface area contributed by atoms with Crippen LogP contribution in [0.25, 0.3) is 55.8 Å². The van der Waals surface area contributed by atoms with Crippen LogP contribution in [0.1, 0.15) is 31.7 Å². The number of H-pyrrole nitrogens is 2. The van der Waals surface area contributed by atoms with Crippen molar-refractivity contribution in [2.45, 2.75) is 32.7 Å². The van der Waals surface area contributed by atoms with Gasteiger partial charge in [0.1, 0.15) is 22.7 Å². The standard InChI is InChI=1S/C31H29FN8O3S/c1-3-4-5-28(41)36-22-13-20(16-33-17-22)25-6-7-26-29(37-25)30(40-39-26)27-14-24-23(8-9-34-31(24)38-27)19-10-18(11-21(32)12-19)15-35-44(2,42)43/h6-14,16-17,35H,3-5,15H2,1-2H3,(H,34,38)(H,36,41)(H,39,40). The van der Waals surface area contributed by atoms with Crippen LogP contribution in [-0.4, -0.2) is 50.7 Å². The summed E-state index contributed by atoms with van der Waals surface area (Å²) in [5, 5.41) is 11.2. The Bertz CT molecular complexity index is 2120. The first-order valence-electron chi connectivity index (χ1n) is 14.0. The number of sulfonamides is 1. The number of halogens is 1. The lowest BCUT2D eigenvalue weighted by Gasteiger charge is -2.08. The van der Waals surface area contributed by atoms with Crippen molar-refractivity contribution in [1.29, 1.82) is 0 Å². The number of carbonyl (C=O) groups excluding carboxylic acids is 1. The predicted molar refractivity (Wildman–Crippen MR) is 167 cm³/mol. The molecule has 0 aliphatic heterocycles. The van der Waals surface area contributed by atoms with Crippen LogP contribution in [0.5, 0.6) is 0 Å². The van der Waals surface area contributed by atoms with Gasteiger partial charge in [0, 0.05) is 36.3 Å². The summed E-state index contributed by atoms with van der Waals surface area (Å²) in [4.78, 5) is 29.2. The number of pyridine rings is 3. The number of hydrogen-bond acceptors (Lipinski definition) is 7. The summed E-state index contributed by atoms with van der Waals surface area (Å²) in [5.74, 6) is -0.541. The smallest absolute Gasteiger partial charge is 0.224 e. The zero-order chi connectivity index (χ0) is 30.8. The number of unbranched alkanes of at least 4 members (excludes halogenated alkanes) is 1. The van der Waals surface area contributed by atoms with Gasteiger partial charge >= 0.3 is 0 Å². The molecule has 0 aliphatic carbocycles. The number of nitrogens with one attached hydrogen (secondary N) is 4. The van der Waals surface area contributed by atoms with E-state index < -0.39 is 15.8 Å². The number of anilines is 1. The van der Waals surface area contributed by atoms with Crippen molar-refractivity contribution in [3.05, 3.63) is 78.5 Å². The molecule has 224 valence electrons. The topological polar surface area (TPSA) is 158 Å². The molecule has 0 atom stereocenters. The number of aromatic amines is 2. The van der Waals surface area contributed by atoms with Crippen molar-refractivity contribution in [3.8, 4) is 33.8 Å². The van der Waals surface area contributed by atoms with Crippen molar-refractivity contribution in [2.75, 3.05) is 11.6 Å². The van der Waals surface area contributed by atoms with E-state index in [4.69, 9.17) is 4.98 Å². The maximum Gasteiger partial charge on any atom is 0.224 e. The molecule has 5 aromatic heterocycles. The largest absolute Gasteiger partial charge is 0.338 e. The Labute approximate surface area is 252 Å². The van der Waals surface area contributed by atoms with Gasteiger partial charge in [-0.3, -0.25) is 14.9 Å². The second kappa shape index (κ2) is 11.9. The third kappa shape index (κ3) is 6.33. The SMILES string of the molecule is CCCCC(=O)Nc1cncc(-c2ccc3[nH]nc(-c4cc5c(-c6cc(F)cc(CNS(C)(=O)=O)c6)ccnc5[nH]4)c3n2)c1.